The molecule has 1 N–H and O–H groups in total. The molecule has 0 aromatic heterocycles. The number of para-hydroxylation sites is 1. The van der Waals surface area contributed by atoms with Crippen molar-refractivity contribution in [3.8, 4) is 17.2 Å². The second kappa shape index (κ2) is 7.70. The second-order valence-corrected chi connectivity index (χ2v) is 6.14. The lowest BCUT2D eigenvalue weighted by molar-refractivity contribution is 0.104. The van der Waals surface area contributed by atoms with Crippen LogP contribution in [0.4, 0.5) is 0 Å². The topological polar surface area (TPSA) is 46.5 Å². The number of hydrogen-bond donors (Lipinski definition) is 1. The molecule has 0 fully saturated rings. The van der Waals surface area contributed by atoms with Crippen LogP contribution in [-0.4, -0.2) is 10.9 Å². The molecule has 0 heterocycles. The molecule has 0 spiro atoms. The van der Waals surface area contributed by atoms with E-state index in [2.05, 4.69) is 0 Å². The van der Waals surface area contributed by atoms with Crippen LogP contribution in [0.3, 0.4) is 0 Å². The van der Waals surface area contributed by atoms with Crippen molar-refractivity contribution >= 4 is 11.9 Å². The van der Waals surface area contributed by atoms with Crippen molar-refractivity contribution in [2.24, 2.45) is 0 Å². The van der Waals surface area contributed by atoms with Crippen LogP contribution in [0, 0.1) is 13.8 Å². The van der Waals surface area contributed by atoms with Gasteiger partial charge in [-0.15, -0.1) is 0 Å². The normalized spacial score (nSPS) is 10.8. The van der Waals surface area contributed by atoms with Crippen molar-refractivity contribution in [1.29, 1.82) is 0 Å². The van der Waals surface area contributed by atoms with Gasteiger partial charge in [0.05, 0.1) is 0 Å². The van der Waals surface area contributed by atoms with Crippen molar-refractivity contribution in [1.82, 2.24) is 0 Å². The summed E-state index contributed by atoms with van der Waals surface area (Å²) in [5.74, 6) is 1.65. The van der Waals surface area contributed by atoms with Crippen molar-refractivity contribution in [3.05, 3.63) is 95.1 Å². The van der Waals surface area contributed by atoms with Crippen LogP contribution in [0.25, 0.3) is 6.08 Å². The van der Waals surface area contributed by atoms with E-state index < -0.39 is 0 Å². The van der Waals surface area contributed by atoms with Crippen LogP contribution < -0.4 is 4.74 Å². The van der Waals surface area contributed by atoms with Crippen LogP contribution in [-0.2, 0) is 0 Å². The Morgan fingerprint density at radius 1 is 0.885 bits per heavy atom. The first-order valence-electron chi connectivity index (χ1n) is 8.38. The molecule has 0 amide bonds. The van der Waals surface area contributed by atoms with Gasteiger partial charge in [-0.1, -0.05) is 24.3 Å². The van der Waals surface area contributed by atoms with Gasteiger partial charge in [0.2, 0.25) is 0 Å². The summed E-state index contributed by atoms with van der Waals surface area (Å²) >= 11 is 0. The van der Waals surface area contributed by atoms with Crippen LogP contribution in [0.1, 0.15) is 27.0 Å². The predicted octanol–water partition coefficient (Wildman–Crippen LogP) is 5.70. The van der Waals surface area contributed by atoms with Gasteiger partial charge in [0, 0.05) is 5.56 Å². The lowest BCUT2D eigenvalue weighted by Crippen LogP contribution is -1.94. The molecule has 3 aromatic carbocycles. The molecule has 0 aliphatic rings. The minimum Gasteiger partial charge on any atom is -0.507 e. The average Bonchev–Trinajstić information content (AvgIpc) is 2.65. The standard InChI is InChI=1S/C23H20O3/c1-16-14-18(15-17(2)23(16)25)8-13-22(24)19-9-11-21(12-10-19)26-20-6-4-3-5-7-20/h3-15,25H,1-2H3. The zero-order valence-corrected chi connectivity index (χ0v) is 14.8. The fraction of sp³-hybridized carbons (Fsp3) is 0.0870. The van der Waals surface area contributed by atoms with Gasteiger partial charge in [-0.2, -0.15) is 0 Å². The number of aromatic hydroxyl groups is 1. The van der Waals surface area contributed by atoms with Crippen LogP contribution >= 0.6 is 0 Å². The summed E-state index contributed by atoms with van der Waals surface area (Å²) in [5, 5.41) is 9.81. The van der Waals surface area contributed by atoms with Crippen molar-refractivity contribution in [2.75, 3.05) is 0 Å². The first-order valence-corrected chi connectivity index (χ1v) is 8.38. The first kappa shape index (κ1) is 17.5. The summed E-state index contributed by atoms with van der Waals surface area (Å²) in [6.45, 7) is 3.68. The quantitative estimate of drug-likeness (QED) is 0.477. The molecule has 26 heavy (non-hydrogen) atoms. The van der Waals surface area contributed by atoms with E-state index in [1.54, 1.807) is 36.4 Å². The summed E-state index contributed by atoms with van der Waals surface area (Å²) in [6, 6.07) is 20.3. The van der Waals surface area contributed by atoms with Crippen LogP contribution in [0.2, 0.25) is 0 Å². The lowest BCUT2D eigenvalue weighted by atomic mass is 10.0. The number of benzene rings is 3. The zero-order chi connectivity index (χ0) is 18.5. The van der Waals surface area contributed by atoms with Crippen molar-refractivity contribution in [3.63, 3.8) is 0 Å². The summed E-state index contributed by atoms with van der Waals surface area (Å²) < 4.78 is 5.73. The van der Waals surface area contributed by atoms with Crippen LogP contribution in [0.5, 0.6) is 17.2 Å². The SMILES string of the molecule is Cc1cc(C=CC(=O)c2ccc(Oc3ccccc3)cc2)cc(C)c1O. The molecule has 3 nitrogen and oxygen atoms in total. The average molecular weight is 344 g/mol. The number of carbonyl (C=O) groups is 1. The minimum atomic E-state index is -0.0837. The zero-order valence-electron chi connectivity index (χ0n) is 14.8. The van der Waals surface area contributed by atoms with Gasteiger partial charge in [-0.3, -0.25) is 4.79 Å². The fourth-order valence-corrected chi connectivity index (χ4v) is 2.67. The Kier molecular flexibility index (Phi) is 5.18. The summed E-state index contributed by atoms with van der Waals surface area (Å²) in [7, 11) is 0. The molecule has 0 saturated heterocycles. The van der Waals surface area contributed by atoms with Gasteiger partial charge in [-0.05, 0) is 85.1 Å². The molecular weight excluding hydrogens is 324 g/mol. The Morgan fingerprint density at radius 3 is 2.08 bits per heavy atom. The molecule has 3 aromatic rings. The van der Waals surface area contributed by atoms with Gasteiger partial charge < -0.3 is 9.84 Å². The number of allylic oxidation sites excluding steroid dienone is 1. The molecule has 0 aliphatic carbocycles. The number of rotatable bonds is 5. The Labute approximate surface area is 153 Å². The smallest absolute Gasteiger partial charge is 0.185 e. The number of phenolic OH excluding ortho intramolecular Hbond substituents is 1. The van der Waals surface area contributed by atoms with E-state index in [-0.39, 0.29) is 5.78 Å². The maximum Gasteiger partial charge on any atom is 0.185 e. The Hall–Kier alpha value is -3.33. The number of carbonyl (C=O) groups excluding carboxylic acids is 1. The van der Waals surface area contributed by atoms with Crippen molar-refractivity contribution in [2.45, 2.75) is 13.8 Å². The van der Waals surface area contributed by atoms with Gasteiger partial charge >= 0.3 is 0 Å². The lowest BCUT2D eigenvalue weighted by Gasteiger charge is -2.06. The highest BCUT2D eigenvalue weighted by Gasteiger charge is 2.05. The Balaban J connectivity index is 1.70. The summed E-state index contributed by atoms with van der Waals surface area (Å²) in [5.41, 5.74) is 3.06. The van der Waals surface area contributed by atoms with E-state index in [0.29, 0.717) is 17.1 Å². The van der Waals surface area contributed by atoms with Gasteiger partial charge in [0.25, 0.3) is 0 Å². The minimum absolute atomic E-state index is 0.0837. The van der Waals surface area contributed by atoms with E-state index in [1.165, 1.54) is 0 Å². The molecular formula is C23H20O3. The van der Waals surface area contributed by atoms with E-state index in [9.17, 15) is 9.90 Å². The molecule has 0 radical (unpaired) electrons. The van der Waals surface area contributed by atoms with E-state index >= 15 is 0 Å². The summed E-state index contributed by atoms with van der Waals surface area (Å²) in [4.78, 5) is 12.3. The number of aryl methyl sites for hydroxylation is 2. The van der Waals surface area contributed by atoms with E-state index in [0.717, 1.165) is 22.4 Å². The van der Waals surface area contributed by atoms with Crippen molar-refractivity contribution < 1.29 is 14.6 Å². The highest BCUT2D eigenvalue weighted by atomic mass is 16.5. The molecule has 0 atom stereocenters. The van der Waals surface area contributed by atoms with Gasteiger partial charge in [0.1, 0.15) is 17.2 Å². The monoisotopic (exact) mass is 344 g/mol. The Morgan fingerprint density at radius 2 is 1.46 bits per heavy atom. The fourth-order valence-electron chi connectivity index (χ4n) is 2.67. The van der Waals surface area contributed by atoms with Crippen LogP contribution in [0.15, 0.2) is 72.8 Å². The highest BCUT2D eigenvalue weighted by molar-refractivity contribution is 6.06. The molecule has 0 unspecified atom stereocenters. The molecule has 0 bridgehead atoms. The molecule has 0 saturated carbocycles. The van der Waals surface area contributed by atoms with E-state index in [1.807, 2.05) is 56.3 Å². The predicted molar refractivity (Wildman–Crippen MR) is 104 cm³/mol. The number of phenols is 1. The highest BCUT2D eigenvalue weighted by Crippen LogP contribution is 2.24. The third-order valence-electron chi connectivity index (χ3n) is 4.06. The molecule has 0 aliphatic heterocycles. The maximum atomic E-state index is 12.3. The molecule has 3 heteroatoms. The number of hydrogen-bond acceptors (Lipinski definition) is 3. The first-order chi connectivity index (χ1) is 12.5. The maximum absolute atomic E-state index is 12.3. The van der Waals surface area contributed by atoms with Gasteiger partial charge in [-0.25, -0.2) is 0 Å². The van der Waals surface area contributed by atoms with Gasteiger partial charge in [0.15, 0.2) is 5.78 Å². The third-order valence-corrected chi connectivity index (χ3v) is 4.06. The Bertz CT molecular complexity index is 916. The number of ether oxygens (including phenoxy) is 1. The number of ketones is 1. The second-order valence-electron chi connectivity index (χ2n) is 6.14. The molecule has 130 valence electrons. The molecule has 3 rings (SSSR count). The largest absolute Gasteiger partial charge is 0.507 e. The summed E-state index contributed by atoms with van der Waals surface area (Å²) in [6.07, 6.45) is 3.30. The third kappa shape index (κ3) is 4.19. The van der Waals surface area contributed by atoms with E-state index in [4.69, 9.17) is 4.74 Å².